The third-order valence-corrected chi connectivity index (χ3v) is 4.48. The summed E-state index contributed by atoms with van der Waals surface area (Å²) in [6.07, 6.45) is 3.36. The summed E-state index contributed by atoms with van der Waals surface area (Å²) < 4.78 is 15.0. The fraction of sp³-hybridized carbons (Fsp3) is 0.150. The van der Waals surface area contributed by atoms with Gasteiger partial charge in [0.25, 0.3) is 5.91 Å². The average molecular weight is 401 g/mol. The van der Waals surface area contributed by atoms with Crippen LogP contribution in [-0.2, 0) is 11.8 Å². The third kappa shape index (κ3) is 4.55. The van der Waals surface area contributed by atoms with Crippen molar-refractivity contribution in [2.75, 3.05) is 6.54 Å². The molecule has 8 heteroatoms. The summed E-state index contributed by atoms with van der Waals surface area (Å²) in [7, 11) is 1.80. The maximum Gasteiger partial charge on any atom is 0.253 e. The first-order valence-corrected chi connectivity index (χ1v) is 8.88. The lowest BCUT2D eigenvalue weighted by atomic mass is 10.1. The largest absolute Gasteiger partial charge is 0.343 e. The number of nitrogens with zero attached hydrogens (tertiary/aromatic N) is 2. The van der Waals surface area contributed by atoms with Crippen LogP contribution in [0.2, 0.25) is 5.02 Å². The molecule has 0 spiro atoms. The van der Waals surface area contributed by atoms with Crippen LogP contribution >= 0.6 is 11.6 Å². The Labute approximate surface area is 166 Å². The van der Waals surface area contributed by atoms with E-state index in [1.807, 2.05) is 0 Å². The van der Waals surface area contributed by atoms with Gasteiger partial charge in [-0.1, -0.05) is 35.9 Å². The van der Waals surface area contributed by atoms with E-state index in [0.29, 0.717) is 16.4 Å². The Morgan fingerprint density at radius 3 is 2.54 bits per heavy atom. The van der Waals surface area contributed by atoms with Gasteiger partial charge < -0.3 is 15.2 Å². The number of nitrogens with one attached hydrogen (secondary N) is 2. The van der Waals surface area contributed by atoms with Crippen LogP contribution in [-0.4, -0.2) is 27.9 Å². The Bertz CT molecular complexity index is 988. The number of aromatic nitrogens is 2. The van der Waals surface area contributed by atoms with Crippen molar-refractivity contribution >= 4 is 23.4 Å². The zero-order valence-electron chi connectivity index (χ0n) is 15.0. The molecule has 0 aliphatic rings. The monoisotopic (exact) mass is 400 g/mol. The summed E-state index contributed by atoms with van der Waals surface area (Å²) in [5, 5.41) is 5.67. The molecule has 3 rings (SSSR count). The molecule has 2 aromatic carbocycles. The second kappa shape index (κ2) is 8.67. The number of halogens is 2. The third-order valence-electron chi connectivity index (χ3n) is 4.15. The van der Waals surface area contributed by atoms with Crippen LogP contribution in [0.15, 0.2) is 60.9 Å². The number of hydrogen-bond donors (Lipinski definition) is 2. The summed E-state index contributed by atoms with van der Waals surface area (Å²) in [6.45, 7) is -0.244. The Morgan fingerprint density at radius 2 is 1.89 bits per heavy atom. The molecule has 2 amide bonds. The molecule has 0 aliphatic heterocycles. The quantitative estimate of drug-likeness (QED) is 0.668. The van der Waals surface area contributed by atoms with Crippen molar-refractivity contribution in [1.29, 1.82) is 0 Å². The number of imidazole rings is 1. The van der Waals surface area contributed by atoms with Crippen molar-refractivity contribution in [3.63, 3.8) is 0 Å². The van der Waals surface area contributed by atoms with Crippen LogP contribution in [0, 0.1) is 5.82 Å². The van der Waals surface area contributed by atoms with E-state index in [2.05, 4.69) is 15.6 Å². The van der Waals surface area contributed by atoms with Crippen LogP contribution in [0.3, 0.4) is 0 Å². The van der Waals surface area contributed by atoms with Crippen molar-refractivity contribution in [2.45, 2.75) is 6.04 Å². The molecule has 0 radical (unpaired) electrons. The predicted octanol–water partition coefficient (Wildman–Crippen LogP) is 2.85. The van der Waals surface area contributed by atoms with Gasteiger partial charge in [0, 0.05) is 19.4 Å². The van der Waals surface area contributed by atoms with Crippen LogP contribution in [0.4, 0.5) is 4.39 Å². The van der Waals surface area contributed by atoms with Crippen molar-refractivity contribution in [1.82, 2.24) is 20.2 Å². The highest BCUT2D eigenvalue weighted by Crippen LogP contribution is 2.20. The zero-order chi connectivity index (χ0) is 20.1. The van der Waals surface area contributed by atoms with Gasteiger partial charge in [0.1, 0.15) is 17.7 Å². The van der Waals surface area contributed by atoms with Crippen LogP contribution in [0.1, 0.15) is 27.8 Å². The first kappa shape index (κ1) is 19.6. The van der Waals surface area contributed by atoms with E-state index in [4.69, 9.17) is 11.6 Å². The molecule has 6 nitrogen and oxygen atoms in total. The highest BCUT2D eigenvalue weighted by Gasteiger charge is 2.21. The normalized spacial score (nSPS) is 11.7. The number of aryl methyl sites for hydroxylation is 1. The lowest BCUT2D eigenvalue weighted by Crippen LogP contribution is -2.39. The van der Waals surface area contributed by atoms with Crippen LogP contribution in [0.5, 0.6) is 0 Å². The van der Waals surface area contributed by atoms with Gasteiger partial charge in [-0.2, -0.15) is 0 Å². The van der Waals surface area contributed by atoms with Gasteiger partial charge in [-0.25, -0.2) is 9.37 Å². The maximum absolute atomic E-state index is 13.3. The molecule has 1 heterocycles. The molecule has 0 saturated heterocycles. The number of carbonyl (C=O) groups excluding carboxylic acids is 2. The molecule has 144 valence electrons. The van der Waals surface area contributed by atoms with Crippen molar-refractivity contribution in [3.05, 3.63) is 88.7 Å². The average Bonchev–Trinajstić information content (AvgIpc) is 3.11. The summed E-state index contributed by atoms with van der Waals surface area (Å²) in [5.74, 6) is -0.660. The minimum atomic E-state index is -0.592. The second-order valence-corrected chi connectivity index (χ2v) is 6.52. The van der Waals surface area contributed by atoms with Gasteiger partial charge in [0.2, 0.25) is 5.91 Å². The molecule has 0 saturated carbocycles. The lowest BCUT2D eigenvalue weighted by Gasteiger charge is -2.19. The summed E-state index contributed by atoms with van der Waals surface area (Å²) >= 11 is 5.99. The van der Waals surface area contributed by atoms with E-state index >= 15 is 0 Å². The van der Waals surface area contributed by atoms with Gasteiger partial charge in [-0.3, -0.25) is 9.59 Å². The Kier molecular flexibility index (Phi) is 6.06. The van der Waals surface area contributed by atoms with Gasteiger partial charge in [-0.15, -0.1) is 0 Å². The topological polar surface area (TPSA) is 76.0 Å². The summed E-state index contributed by atoms with van der Waals surface area (Å²) in [5.41, 5.74) is 0.956. The summed E-state index contributed by atoms with van der Waals surface area (Å²) in [6, 6.07) is 11.8. The van der Waals surface area contributed by atoms with Crippen molar-refractivity contribution in [3.8, 4) is 0 Å². The molecule has 0 fully saturated rings. The van der Waals surface area contributed by atoms with Gasteiger partial charge >= 0.3 is 0 Å². The second-order valence-electron chi connectivity index (χ2n) is 6.11. The van der Waals surface area contributed by atoms with Gasteiger partial charge in [-0.05, 0) is 29.8 Å². The number of hydrogen-bond acceptors (Lipinski definition) is 3. The van der Waals surface area contributed by atoms with Gasteiger partial charge in [0.05, 0.1) is 17.1 Å². The molecule has 3 aromatic rings. The molecule has 1 unspecified atom stereocenters. The molecule has 0 bridgehead atoms. The molecule has 2 N–H and O–H groups in total. The van der Waals surface area contributed by atoms with Crippen LogP contribution in [0.25, 0.3) is 0 Å². The number of carbonyl (C=O) groups is 2. The molecule has 1 atom stereocenters. The Hall–Kier alpha value is -3.19. The summed E-state index contributed by atoms with van der Waals surface area (Å²) in [4.78, 5) is 28.9. The Balaban J connectivity index is 1.71. The molecule has 0 aliphatic carbocycles. The van der Waals surface area contributed by atoms with E-state index in [1.165, 1.54) is 12.1 Å². The molecular formula is C20H18ClFN4O2. The highest BCUT2D eigenvalue weighted by atomic mass is 35.5. The van der Waals surface area contributed by atoms with E-state index in [-0.39, 0.29) is 17.9 Å². The van der Waals surface area contributed by atoms with E-state index in [1.54, 1.807) is 60.4 Å². The minimum Gasteiger partial charge on any atom is -0.343 e. The molecule has 1 aromatic heterocycles. The van der Waals surface area contributed by atoms with Gasteiger partial charge in [0.15, 0.2) is 0 Å². The van der Waals surface area contributed by atoms with E-state index in [0.717, 1.165) is 0 Å². The standard InChI is InChI=1S/C20H18ClFN4O2/c1-26-11-10-23-19(26)18(13-6-8-14(22)9-7-13)25-17(27)12-24-20(28)15-4-2-3-5-16(15)21/h2-11,18H,12H2,1H3,(H,24,28)(H,25,27). The first-order valence-electron chi connectivity index (χ1n) is 8.50. The van der Waals surface area contributed by atoms with Crippen molar-refractivity contribution < 1.29 is 14.0 Å². The SMILES string of the molecule is Cn1ccnc1C(NC(=O)CNC(=O)c1ccccc1Cl)c1ccc(F)cc1. The minimum absolute atomic E-state index is 0.244. The van der Waals surface area contributed by atoms with Crippen molar-refractivity contribution in [2.24, 2.45) is 7.05 Å². The maximum atomic E-state index is 13.3. The number of rotatable bonds is 6. The predicted molar refractivity (Wildman–Crippen MR) is 103 cm³/mol. The Morgan fingerprint density at radius 1 is 1.18 bits per heavy atom. The van der Waals surface area contributed by atoms with Crippen LogP contribution < -0.4 is 10.6 Å². The number of amides is 2. The molecule has 28 heavy (non-hydrogen) atoms. The highest BCUT2D eigenvalue weighted by molar-refractivity contribution is 6.33. The first-order chi connectivity index (χ1) is 13.5. The lowest BCUT2D eigenvalue weighted by molar-refractivity contribution is -0.120. The smallest absolute Gasteiger partial charge is 0.253 e. The van der Waals surface area contributed by atoms with E-state index in [9.17, 15) is 14.0 Å². The zero-order valence-corrected chi connectivity index (χ0v) is 15.8. The fourth-order valence-electron chi connectivity index (χ4n) is 2.72. The number of benzene rings is 2. The molecular weight excluding hydrogens is 383 g/mol. The fourth-order valence-corrected chi connectivity index (χ4v) is 2.94. The van der Waals surface area contributed by atoms with E-state index < -0.39 is 17.9 Å².